The van der Waals surface area contributed by atoms with Crippen molar-refractivity contribution < 1.29 is 4.79 Å². The highest BCUT2D eigenvalue weighted by Gasteiger charge is 2.24. The van der Waals surface area contributed by atoms with Gasteiger partial charge in [-0.2, -0.15) is 5.10 Å². The molecule has 0 spiro atoms. The van der Waals surface area contributed by atoms with Crippen LogP contribution in [0.1, 0.15) is 41.3 Å². The summed E-state index contributed by atoms with van der Waals surface area (Å²) in [5.74, 6) is 0.727. The zero-order valence-electron chi connectivity index (χ0n) is 16.2. The van der Waals surface area contributed by atoms with Crippen LogP contribution >= 0.6 is 0 Å². The van der Waals surface area contributed by atoms with E-state index in [2.05, 4.69) is 46.5 Å². The second-order valence-corrected chi connectivity index (χ2v) is 7.39. The summed E-state index contributed by atoms with van der Waals surface area (Å²) in [5, 5.41) is 7.45. The fourth-order valence-corrected chi connectivity index (χ4v) is 3.89. The van der Waals surface area contributed by atoms with Crippen LogP contribution in [0, 0.1) is 20.8 Å². The van der Waals surface area contributed by atoms with Gasteiger partial charge >= 0.3 is 0 Å². The molecule has 26 heavy (non-hydrogen) atoms. The summed E-state index contributed by atoms with van der Waals surface area (Å²) in [5.41, 5.74) is 4.97. The summed E-state index contributed by atoms with van der Waals surface area (Å²) in [6.45, 7) is 10.7. The summed E-state index contributed by atoms with van der Waals surface area (Å²) < 4.78 is 1.90. The van der Waals surface area contributed by atoms with Gasteiger partial charge in [-0.3, -0.25) is 9.48 Å². The lowest BCUT2D eigenvalue weighted by atomic mass is 9.94. The van der Waals surface area contributed by atoms with Crippen LogP contribution in [0.5, 0.6) is 0 Å². The minimum atomic E-state index is 0.104. The van der Waals surface area contributed by atoms with Crippen LogP contribution in [-0.4, -0.2) is 46.8 Å². The van der Waals surface area contributed by atoms with Crippen molar-refractivity contribution in [3.05, 3.63) is 52.8 Å². The largest absolute Gasteiger partial charge is 0.355 e. The van der Waals surface area contributed by atoms with E-state index < -0.39 is 0 Å². The molecule has 0 bridgehead atoms. The van der Waals surface area contributed by atoms with Gasteiger partial charge in [0.05, 0.1) is 5.69 Å². The first kappa shape index (κ1) is 18.6. The topological polar surface area (TPSA) is 50.2 Å². The van der Waals surface area contributed by atoms with Crippen molar-refractivity contribution in [3.8, 4) is 0 Å². The Hall–Kier alpha value is -2.14. The van der Waals surface area contributed by atoms with Gasteiger partial charge in [0.1, 0.15) is 0 Å². The molecule has 140 valence electrons. The predicted molar refractivity (Wildman–Crippen MR) is 104 cm³/mol. The average molecular weight is 354 g/mol. The average Bonchev–Trinajstić information content (AvgIpc) is 3.19. The van der Waals surface area contributed by atoms with Crippen LogP contribution in [0.15, 0.2) is 30.3 Å². The summed E-state index contributed by atoms with van der Waals surface area (Å²) in [6, 6.07) is 10.7. The summed E-state index contributed by atoms with van der Waals surface area (Å²) >= 11 is 0. The van der Waals surface area contributed by atoms with E-state index in [1.54, 1.807) is 0 Å². The van der Waals surface area contributed by atoms with Gasteiger partial charge in [0.25, 0.3) is 0 Å². The van der Waals surface area contributed by atoms with Gasteiger partial charge in [0.15, 0.2) is 0 Å². The number of nitrogens with zero attached hydrogens (tertiary/aromatic N) is 3. The van der Waals surface area contributed by atoms with E-state index in [0.29, 0.717) is 18.9 Å². The normalized spacial score (nSPS) is 17.6. The number of aromatic nitrogens is 2. The number of rotatable bonds is 7. The highest BCUT2D eigenvalue weighted by atomic mass is 16.1. The van der Waals surface area contributed by atoms with Crippen LogP contribution in [0.2, 0.25) is 0 Å². The molecule has 1 fully saturated rings. The first-order chi connectivity index (χ1) is 12.5. The molecule has 1 saturated heterocycles. The molecule has 2 heterocycles. The zero-order chi connectivity index (χ0) is 18.5. The molecule has 1 N–H and O–H groups in total. The molecule has 0 saturated carbocycles. The number of aryl methyl sites for hydroxylation is 4. The quantitative estimate of drug-likeness (QED) is 0.832. The highest BCUT2D eigenvalue weighted by Crippen LogP contribution is 2.28. The molecule has 5 nitrogen and oxygen atoms in total. The second-order valence-electron chi connectivity index (χ2n) is 7.39. The number of carbonyl (C=O) groups is 1. The Kier molecular flexibility index (Phi) is 6.09. The van der Waals surface area contributed by atoms with E-state index in [-0.39, 0.29) is 5.91 Å². The lowest BCUT2D eigenvalue weighted by Crippen LogP contribution is -2.34. The van der Waals surface area contributed by atoms with E-state index >= 15 is 0 Å². The van der Waals surface area contributed by atoms with Crippen molar-refractivity contribution >= 4 is 5.91 Å². The molecule has 1 atom stereocenters. The molecule has 1 aromatic carbocycles. The Labute approximate surface area is 156 Å². The van der Waals surface area contributed by atoms with E-state index in [1.165, 1.54) is 17.5 Å². The molecule has 1 amide bonds. The van der Waals surface area contributed by atoms with Crippen molar-refractivity contribution in [1.29, 1.82) is 0 Å². The Bertz CT molecular complexity index is 752. The maximum Gasteiger partial charge on any atom is 0.221 e. The summed E-state index contributed by atoms with van der Waals surface area (Å²) in [7, 11) is 0. The molecular formula is C21H30N4O. The molecule has 1 aromatic heterocycles. The molecule has 1 aliphatic rings. The minimum absolute atomic E-state index is 0.104. The third-order valence-electron chi connectivity index (χ3n) is 5.30. The number of hydrogen-bond donors (Lipinski definition) is 1. The molecule has 5 heteroatoms. The van der Waals surface area contributed by atoms with Crippen LogP contribution in [0.4, 0.5) is 0 Å². The molecule has 0 aliphatic carbocycles. The van der Waals surface area contributed by atoms with Crippen molar-refractivity contribution in [2.45, 2.75) is 46.1 Å². The number of benzene rings is 1. The Morgan fingerprint density at radius 1 is 1.23 bits per heavy atom. The fraction of sp³-hybridized carbons (Fsp3) is 0.524. The third-order valence-corrected chi connectivity index (χ3v) is 5.30. The van der Waals surface area contributed by atoms with Gasteiger partial charge in [-0.1, -0.05) is 24.3 Å². The second kappa shape index (κ2) is 8.49. The van der Waals surface area contributed by atoms with Crippen molar-refractivity contribution in [1.82, 2.24) is 20.0 Å². The Morgan fingerprint density at radius 3 is 2.77 bits per heavy atom. The molecule has 0 radical (unpaired) electrons. The molecule has 1 aliphatic heterocycles. The molecule has 3 rings (SSSR count). The van der Waals surface area contributed by atoms with Gasteiger partial charge in [0.2, 0.25) is 5.91 Å². The van der Waals surface area contributed by atoms with Gasteiger partial charge in [0, 0.05) is 38.3 Å². The maximum absolute atomic E-state index is 12.1. The standard InChI is InChI=1S/C21H30N4O/c1-16-6-4-5-7-20(16)19-8-11-24(15-19)13-10-22-21(26)9-12-25-18(3)14-17(2)23-25/h4-7,14,19H,8-13,15H2,1-3H3,(H,22,26). The molecular weight excluding hydrogens is 324 g/mol. The first-order valence-corrected chi connectivity index (χ1v) is 9.58. The molecule has 1 unspecified atom stereocenters. The van der Waals surface area contributed by atoms with E-state index in [4.69, 9.17) is 0 Å². The van der Waals surface area contributed by atoms with Crippen LogP contribution in [0.3, 0.4) is 0 Å². The third kappa shape index (κ3) is 4.73. The lowest BCUT2D eigenvalue weighted by Gasteiger charge is -2.17. The van der Waals surface area contributed by atoms with Crippen LogP contribution < -0.4 is 5.32 Å². The Balaban J connectivity index is 1.37. The van der Waals surface area contributed by atoms with Gasteiger partial charge in [-0.15, -0.1) is 0 Å². The monoisotopic (exact) mass is 354 g/mol. The smallest absolute Gasteiger partial charge is 0.221 e. The summed E-state index contributed by atoms with van der Waals surface area (Å²) in [4.78, 5) is 14.5. The van der Waals surface area contributed by atoms with Gasteiger partial charge in [-0.05, 0) is 56.8 Å². The van der Waals surface area contributed by atoms with Crippen LogP contribution in [0.25, 0.3) is 0 Å². The molecule has 2 aromatic rings. The fourth-order valence-electron chi connectivity index (χ4n) is 3.89. The predicted octanol–water partition coefficient (Wildman–Crippen LogP) is 2.80. The number of amides is 1. The van der Waals surface area contributed by atoms with Crippen molar-refractivity contribution in [2.24, 2.45) is 0 Å². The van der Waals surface area contributed by atoms with Crippen molar-refractivity contribution in [2.75, 3.05) is 26.2 Å². The first-order valence-electron chi connectivity index (χ1n) is 9.58. The minimum Gasteiger partial charge on any atom is -0.355 e. The van der Waals surface area contributed by atoms with Gasteiger partial charge < -0.3 is 10.2 Å². The SMILES string of the molecule is Cc1cc(C)n(CCC(=O)NCCN2CCC(c3ccccc3C)C2)n1. The number of likely N-dealkylation sites (tertiary alicyclic amines) is 1. The zero-order valence-corrected chi connectivity index (χ0v) is 16.2. The lowest BCUT2D eigenvalue weighted by molar-refractivity contribution is -0.121. The van der Waals surface area contributed by atoms with E-state index in [0.717, 1.165) is 37.6 Å². The van der Waals surface area contributed by atoms with Crippen LogP contribution in [-0.2, 0) is 11.3 Å². The number of carbonyl (C=O) groups excluding carboxylic acids is 1. The maximum atomic E-state index is 12.1. The van der Waals surface area contributed by atoms with E-state index in [9.17, 15) is 4.79 Å². The van der Waals surface area contributed by atoms with E-state index in [1.807, 2.05) is 24.6 Å². The Morgan fingerprint density at radius 2 is 2.04 bits per heavy atom. The van der Waals surface area contributed by atoms with Gasteiger partial charge in [-0.25, -0.2) is 0 Å². The van der Waals surface area contributed by atoms with Crippen molar-refractivity contribution in [3.63, 3.8) is 0 Å². The highest BCUT2D eigenvalue weighted by molar-refractivity contribution is 5.75. The number of hydrogen-bond acceptors (Lipinski definition) is 3. The summed E-state index contributed by atoms with van der Waals surface area (Å²) in [6.07, 6.45) is 1.69. The number of nitrogens with one attached hydrogen (secondary N) is 1.